The molecular weight excluding hydrogens is 310 g/mol. The second-order valence-electron chi connectivity index (χ2n) is 2.87. The number of carbonyl (C=O) groups is 1. The molecule has 17 heavy (non-hydrogen) atoms. The molecule has 0 aliphatic carbocycles. The average Bonchev–Trinajstić information content (AvgIpc) is 2.14. The highest BCUT2D eigenvalue weighted by Gasteiger charge is 2.15. The summed E-state index contributed by atoms with van der Waals surface area (Å²) in [6.07, 6.45) is 1.43. The fourth-order valence-electron chi connectivity index (χ4n) is 1.04. The van der Waals surface area contributed by atoms with Gasteiger partial charge in [-0.05, 0) is 18.2 Å². The first-order chi connectivity index (χ1) is 7.91. The Morgan fingerprint density at radius 1 is 1.29 bits per heavy atom. The van der Waals surface area contributed by atoms with Gasteiger partial charge in [0.15, 0.2) is 0 Å². The number of carboxylic acid groups (broad SMARTS) is 1. The van der Waals surface area contributed by atoms with Gasteiger partial charge in [-0.3, -0.25) is 0 Å². The lowest BCUT2D eigenvalue weighted by Gasteiger charge is -2.07. The van der Waals surface area contributed by atoms with Gasteiger partial charge in [0.1, 0.15) is 16.8 Å². The van der Waals surface area contributed by atoms with E-state index in [1.54, 1.807) is 0 Å². The molecule has 0 saturated carbocycles. The van der Waals surface area contributed by atoms with E-state index in [1.807, 2.05) is 0 Å². The number of benzene rings is 1. The van der Waals surface area contributed by atoms with Crippen molar-refractivity contribution in [3.8, 4) is 5.75 Å². The highest BCUT2D eigenvalue weighted by Crippen LogP contribution is 2.30. The molecule has 0 unspecified atom stereocenters. The van der Waals surface area contributed by atoms with Gasteiger partial charge < -0.3 is 9.84 Å². The van der Waals surface area contributed by atoms with Crippen molar-refractivity contribution in [3.05, 3.63) is 38.3 Å². The lowest BCUT2D eigenvalue weighted by atomic mass is 10.2. The molecule has 1 N–H and O–H groups in total. The summed E-state index contributed by atoms with van der Waals surface area (Å²) < 4.78 is 5.28. The normalized spacial score (nSPS) is 9.88. The molecule has 0 bridgehead atoms. The minimum Gasteiger partial charge on any atom is -0.489 e. The molecule has 0 aromatic heterocycles. The van der Waals surface area contributed by atoms with Crippen molar-refractivity contribution >= 4 is 52.4 Å². The second kappa shape index (κ2) is 6.36. The fraction of sp³-hybridized carbons (Fsp3) is 0.100. The van der Waals surface area contributed by atoms with Crippen LogP contribution in [0.3, 0.4) is 0 Å². The Morgan fingerprint density at radius 2 is 1.82 bits per heavy atom. The molecule has 0 aliphatic rings. The summed E-state index contributed by atoms with van der Waals surface area (Å²) in [7, 11) is 0. The maximum atomic E-state index is 10.8. The van der Waals surface area contributed by atoms with Crippen LogP contribution in [0.15, 0.2) is 22.7 Å². The molecule has 1 aromatic rings. The minimum atomic E-state index is -1.20. The van der Waals surface area contributed by atoms with Gasteiger partial charge in [-0.1, -0.05) is 46.4 Å². The molecule has 0 amide bonds. The Hall–Kier alpha value is -0.610. The van der Waals surface area contributed by atoms with Crippen molar-refractivity contribution in [2.45, 2.75) is 0 Å². The monoisotopic (exact) mass is 314 g/mol. The Balaban J connectivity index is 2.91. The third kappa shape index (κ3) is 4.28. The zero-order valence-corrected chi connectivity index (χ0v) is 11.2. The third-order valence-corrected chi connectivity index (χ3v) is 2.62. The molecule has 3 nitrogen and oxygen atoms in total. The highest BCUT2D eigenvalue weighted by molar-refractivity contribution is 6.55. The summed E-state index contributed by atoms with van der Waals surface area (Å²) in [4.78, 5) is 10.8. The van der Waals surface area contributed by atoms with E-state index in [9.17, 15) is 4.79 Å². The lowest BCUT2D eigenvalue weighted by molar-refractivity contribution is 0.0697. The number of rotatable bonds is 4. The Bertz CT molecular complexity index is 444. The Morgan fingerprint density at radius 3 is 2.24 bits per heavy atom. The van der Waals surface area contributed by atoms with Crippen molar-refractivity contribution in [3.63, 3.8) is 0 Å². The van der Waals surface area contributed by atoms with Crippen molar-refractivity contribution in [2.24, 2.45) is 0 Å². The molecule has 1 aromatic carbocycles. The first-order valence-electron chi connectivity index (χ1n) is 4.28. The van der Waals surface area contributed by atoms with Gasteiger partial charge in [0.05, 0.1) is 15.6 Å². The van der Waals surface area contributed by atoms with Gasteiger partial charge in [0.25, 0.3) is 0 Å². The number of hydrogen-bond acceptors (Lipinski definition) is 2. The quantitative estimate of drug-likeness (QED) is 0.896. The van der Waals surface area contributed by atoms with Gasteiger partial charge in [0, 0.05) is 0 Å². The zero-order chi connectivity index (χ0) is 13.0. The molecule has 0 heterocycles. The van der Waals surface area contributed by atoms with Gasteiger partial charge in [-0.25, -0.2) is 4.79 Å². The summed E-state index contributed by atoms with van der Waals surface area (Å²) in [5.74, 6) is -0.869. The van der Waals surface area contributed by atoms with Gasteiger partial charge in [-0.15, -0.1) is 0 Å². The molecule has 0 atom stereocenters. The van der Waals surface area contributed by atoms with Crippen molar-refractivity contribution in [1.29, 1.82) is 0 Å². The smallest absolute Gasteiger partial charge is 0.338 e. The zero-order valence-electron chi connectivity index (χ0n) is 8.21. The number of halogens is 4. The van der Waals surface area contributed by atoms with Crippen LogP contribution in [0.5, 0.6) is 5.75 Å². The largest absolute Gasteiger partial charge is 0.489 e. The number of hydrogen-bond donors (Lipinski definition) is 1. The molecule has 0 spiro atoms. The fourth-order valence-corrected chi connectivity index (χ4v) is 1.79. The Kier molecular flexibility index (Phi) is 5.40. The van der Waals surface area contributed by atoms with Crippen LogP contribution in [-0.4, -0.2) is 17.7 Å². The molecule has 0 saturated heterocycles. The third-order valence-electron chi connectivity index (χ3n) is 1.72. The highest BCUT2D eigenvalue weighted by atomic mass is 35.5. The van der Waals surface area contributed by atoms with E-state index in [1.165, 1.54) is 18.2 Å². The van der Waals surface area contributed by atoms with E-state index in [2.05, 4.69) is 0 Å². The number of ether oxygens (including phenoxy) is 1. The number of aromatic carboxylic acids is 1. The lowest BCUT2D eigenvalue weighted by Crippen LogP contribution is -2.00. The standard InChI is InChI=1S/C10H6Cl4O3/c11-6-3-5(17-2-1-8(13)14)4-7(12)9(6)10(15)16/h1,3-4H,2H2,(H,15,16). The second-order valence-corrected chi connectivity index (χ2v) is 4.69. The summed E-state index contributed by atoms with van der Waals surface area (Å²) in [5, 5.41) is 8.83. The molecule has 1 rings (SSSR count). The van der Waals surface area contributed by atoms with Gasteiger partial charge in [0.2, 0.25) is 0 Å². The van der Waals surface area contributed by atoms with Crippen LogP contribution in [0.1, 0.15) is 10.4 Å². The summed E-state index contributed by atoms with van der Waals surface area (Å²) >= 11 is 22.3. The first-order valence-corrected chi connectivity index (χ1v) is 5.79. The van der Waals surface area contributed by atoms with Crippen LogP contribution in [0.25, 0.3) is 0 Å². The molecule has 0 radical (unpaired) electrons. The van der Waals surface area contributed by atoms with Crippen LogP contribution >= 0.6 is 46.4 Å². The van der Waals surface area contributed by atoms with Crippen LogP contribution in [0, 0.1) is 0 Å². The summed E-state index contributed by atoms with van der Waals surface area (Å²) in [6.45, 7) is 0.126. The van der Waals surface area contributed by atoms with E-state index in [4.69, 9.17) is 56.2 Å². The van der Waals surface area contributed by atoms with Gasteiger partial charge >= 0.3 is 5.97 Å². The van der Waals surface area contributed by atoms with Crippen LogP contribution < -0.4 is 4.74 Å². The van der Waals surface area contributed by atoms with Gasteiger partial charge in [-0.2, -0.15) is 0 Å². The maximum Gasteiger partial charge on any atom is 0.338 e. The molecule has 92 valence electrons. The van der Waals surface area contributed by atoms with Crippen LogP contribution in [0.2, 0.25) is 10.0 Å². The predicted molar refractivity (Wildman–Crippen MR) is 68.7 cm³/mol. The molecule has 7 heteroatoms. The van der Waals surface area contributed by atoms with Crippen molar-refractivity contribution in [1.82, 2.24) is 0 Å². The van der Waals surface area contributed by atoms with E-state index in [0.29, 0.717) is 5.75 Å². The van der Waals surface area contributed by atoms with Crippen LogP contribution in [-0.2, 0) is 0 Å². The topological polar surface area (TPSA) is 46.5 Å². The van der Waals surface area contributed by atoms with Crippen molar-refractivity contribution in [2.75, 3.05) is 6.61 Å². The summed E-state index contributed by atoms with van der Waals surface area (Å²) in [6, 6.07) is 2.71. The van der Waals surface area contributed by atoms with E-state index < -0.39 is 5.97 Å². The molecule has 0 aliphatic heterocycles. The van der Waals surface area contributed by atoms with Crippen molar-refractivity contribution < 1.29 is 14.6 Å². The maximum absolute atomic E-state index is 10.8. The first kappa shape index (κ1) is 14.5. The van der Waals surface area contributed by atoms with E-state index in [-0.39, 0.29) is 26.7 Å². The summed E-state index contributed by atoms with van der Waals surface area (Å²) in [5.41, 5.74) is -0.161. The molecule has 0 fully saturated rings. The Labute approximate surface area is 117 Å². The van der Waals surface area contributed by atoms with E-state index >= 15 is 0 Å². The van der Waals surface area contributed by atoms with Crippen LogP contribution in [0.4, 0.5) is 0 Å². The predicted octanol–water partition coefficient (Wildman–Crippen LogP) is 4.39. The average molecular weight is 316 g/mol. The van der Waals surface area contributed by atoms with E-state index in [0.717, 1.165) is 0 Å². The number of carboxylic acids is 1. The SMILES string of the molecule is O=C(O)c1c(Cl)cc(OCC=C(Cl)Cl)cc1Cl. The molecular formula is C10H6Cl4O3. The minimum absolute atomic E-state index is 0.000880.